The van der Waals surface area contributed by atoms with Crippen molar-refractivity contribution >= 4 is 60.6 Å². The molecule has 0 spiro atoms. The van der Waals surface area contributed by atoms with Crippen LogP contribution >= 0.6 is 54.8 Å². The third kappa shape index (κ3) is 3.18. The van der Waals surface area contributed by atoms with Gasteiger partial charge in [-0.2, -0.15) is 5.10 Å². The second-order valence-corrected chi connectivity index (χ2v) is 8.34. The highest BCUT2D eigenvalue weighted by molar-refractivity contribution is 9.12. The normalized spacial score (nSPS) is 11.1. The maximum Gasteiger partial charge on any atom is 0.170 e. The van der Waals surface area contributed by atoms with Gasteiger partial charge in [-0.15, -0.1) is 11.3 Å². The van der Waals surface area contributed by atoms with Crippen LogP contribution < -0.4 is 0 Å². The van der Waals surface area contributed by atoms with E-state index >= 15 is 0 Å². The Morgan fingerprint density at radius 2 is 2.15 bits per heavy atom. The monoisotopic (exact) mass is 438 g/mol. The molecule has 20 heavy (non-hydrogen) atoms. The summed E-state index contributed by atoms with van der Waals surface area (Å²) in [5.41, 5.74) is 2.33. The third-order valence-electron chi connectivity index (χ3n) is 2.98. The van der Waals surface area contributed by atoms with E-state index in [4.69, 9.17) is 11.6 Å². The van der Waals surface area contributed by atoms with Gasteiger partial charge in [-0.1, -0.05) is 18.5 Å². The molecule has 0 aliphatic heterocycles. The standard InChI is InChI=1S/C13H13Br2ClN2OS/c1-3-8-12(16)9(18(4-2)17-8)6-10(19)7-5-11(14)20-13(7)15/h5H,3-4,6H2,1-2H3. The highest BCUT2D eigenvalue weighted by Gasteiger charge is 2.20. The Hall–Kier alpha value is -0.170. The third-order valence-corrected chi connectivity index (χ3v) is 5.75. The lowest BCUT2D eigenvalue weighted by Crippen LogP contribution is -2.10. The number of carbonyl (C=O) groups excluding carboxylic acids is 1. The van der Waals surface area contributed by atoms with Crippen molar-refractivity contribution in [2.24, 2.45) is 0 Å². The van der Waals surface area contributed by atoms with Crippen LogP contribution in [-0.4, -0.2) is 15.6 Å². The zero-order chi connectivity index (χ0) is 14.9. The number of carbonyl (C=O) groups is 1. The number of aromatic nitrogens is 2. The quantitative estimate of drug-likeness (QED) is 0.604. The first kappa shape index (κ1) is 16.2. The summed E-state index contributed by atoms with van der Waals surface area (Å²) in [6.07, 6.45) is 1.03. The van der Waals surface area contributed by atoms with Gasteiger partial charge in [-0.3, -0.25) is 9.48 Å². The van der Waals surface area contributed by atoms with Gasteiger partial charge in [0.1, 0.15) is 0 Å². The number of Topliss-reactive ketones (excluding diaryl/α,β-unsaturated/α-hetero) is 1. The van der Waals surface area contributed by atoms with Crippen LogP contribution in [0.5, 0.6) is 0 Å². The zero-order valence-corrected chi connectivity index (χ0v) is 15.8. The van der Waals surface area contributed by atoms with Crippen LogP contribution in [0.2, 0.25) is 5.02 Å². The number of aryl methyl sites for hydroxylation is 2. The predicted octanol–water partition coefficient (Wildman–Crippen LogP) is 5.13. The SMILES string of the molecule is CCc1nn(CC)c(CC(=O)c2cc(Br)sc2Br)c1Cl. The molecule has 0 saturated heterocycles. The maximum absolute atomic E-state index is 12.4. The topological polar surface area (TPSA) is 34.9 Å². The minimum Gasteiger partial charge on any atom is -0.294 e. The molecule has 108 valence electrons. The summed E-state index contributed by atoms with van der Waals surface area (Å²) in [5, 5.41) is 5.05. The van der Waals surface area contributed by atoms with E-state index in [0.717, 1.165) is 25.4 Å². The fourth-order valence-corrected chi connectivity index (χ4v) is 5.16. The molecule has 2 aromatic heterocycles. The van der Waals surface area contributed by atoms with Crippen molar-refractivity contribution in [1.29, 1.82) is 0 Å². The number of halogens is 3. The molecular weight excluding hydrogens is 427 g/mol. The van der Waals surface area contributed by atoms with E-state index in [-0.39, 0.29) is 12.2 Å². The van der Waals surface area contributed by atoms with Crippen molar-refractivity contribution < 1.29 is 4.79 Å². The average Bonchev–Trinajstić information content (AvgIpc) is 2.90. The van der Waals surface area contributed by atoms with E-state index in [0.29, 0.717) is 17.1 Å². The first-order valence-corrected chi connectivity index (χ1v) is 8.98. The number of rotatable bonds is 5. The minimum absolute atomic E-state index is 0.0398. The van der Waals surface area contributed by atoms with Crippen LogP contribution in [0.1, 0.15) is 35.6 Å². The van der Waals surface area contributed by atoms with Crippen molar-refractivity contribution in [1.82, 2.24) is 9.78 Å². The molecule has 7 heteroatoms. The van der Waals surface area contributed by atoms with Gasteiger partial charge in [0.05, 0.1) is 30.4 Å². The van der Waals surface area contributed by atoms with E-state index in [1.54, 1.807) is 0 Å². The van der Waals surface area contributed by atoms with E-state index in [1.165, 1.54) is 11.3 Å². The van der Waals surface area contributed by atoms with Crippen LogP contribution in [0.4, 0.5) is 0 Å². The summed E-state index contributed by atoms with van der Waals surface area (Å²) in [6, 6.07) is 1.83. The summed E-state index contributed by atoms with van der Waals surface area (Å²) in [6.45, 7) is 4.71. The van der Waals surface area contributed by atoms with Gasteiger partial charge in [0.2, 0.25) is 0 Å². The molecule has 0 aliphatic carbocycles. The molecule has 0 amide bonds. The smallest absolute Gasteiger partial charge is 0.170 e. The lowest BCUT2D eigenvalue weighted by molar-refractivity contribution is 0.0990. The molecule has 0 unspecified atom stereocenters. The molecule has 3 nitrogen and oxygen atoms in total. The van der Waals surface area contributed by atoms with Crippen LogP contribution in [0.25, 0.3) is 0 Å². The van der Waals surface area contributed by atoms with Crippen LogP contribution in [0.3, 0.4) is 0 Å². The minimum atomic E-state index is 0.0398. The molecule has 0 atom stereocenters. The number of nitrogens with zero attached hydrogens (tertiary/aromatic N) is 2. The van der Waals surface area contributed by atoms with Gasteiger partial charge >= 0.3 is 0 Å². The Bertz CT molecular complexity index is 651. The first-order chi connectivity index (χ1) is 9.47. The second kappa shape index (κ2) is 6.73. The van der Waals surface area contributed by atoms with Gasteiger partial charge < -0.3 is 0 Å². The van der Waals surface area contributed by atoms with E-state index in [9.17, 15) is 4.79 Å². The van der Waals surface area contributed by atoms with E-state index in [1.807, 2.05) is 24.6 Å². The zero-order valence-electron chi connectivity index (χ0n) is 11.0. The molecule has 0 bridgehead atoms. The van der Waals surface area contributed by atoms with Crippen LogP contribution in [-0.2, 0) is 19.4 Å². The van der Waals surface area contributed by atoms with Gasteiger partial charge in [0.15, 0.2) is 5.78 Å². The Kier molecular flexibility index (Phi) is 5.45. The number of hydrogen-bond donors (Lipinski definition) is 0. The Morgan fingerprint density at radius 1 is 1.45 bits per heavy atom. The molecule has 0 radical (unpaired) electrons. The van der Waals surface area contributed by atoms with Crippen molar-refractivity contribution in [2.75, 3.05) is 0 Å². The predicted molar refractivity (Wildman–Crippen MR) is 90.0 cm³/mol. The fraction of sp³-hybridized carbons (Fsp3) is 0.385. The summed E-state index contributed by atoms with van der Waals surface area (Å²) in [4.78, 5) is 12.4. The lowest BCUT2D eigenvalue weighted by Gasteiger charge is -2.04. The Balaban J connectivity index is 2.32. The van der Waals surface area contributed by atoms with Gasteiger partial charge in [0.25, 0.3) is 0 Å². The summed E-state index contributed by atoms with van der Waals surface area (Å²) in [7, 11) is 0. The molecule has 0 fully saturated rings. The molecule has 2 aromatic rings. The van der Waals surface area contributed by atoms with Crippen molar-refractivity contribution in [3.8, 4) is 0 Å². The van der Waals surface area contributed by atoms with Crippen LogP contribution in [0, 0.1) is 0 Å². The van der Waals surface area contributed by atoms with Gasteiger partial charge in [-0.25, -0.2) is 0 Å². The van der Waals surface area contributed by atoms with E-state index in [2.05, 4.69) is 37.0 Å². The summed E-state index contributed by atoms with van der Waals surface area (Å²) < 4.78 is 3.58. The fourth-order valence-electron chi connectivity index (χ4n) is 1.96. The molecule has 0 N–H and O–H groups in total. The summed E-state index contributed by atoms with van der Waals surface area (Å²) >= 11 is 14.6. The molecular formula is C13H13Br2ClN2OS. The molecule has 0 aliphatic rings. The highest BCUT2D eigenvalue weighted by Crippen LogP contribution is 2.33. The average molecular weight is 441 g/mol. The van der Waals surface area contributed by atoms with Gasteiger partial charge in [-0.05, 0) is 51.3 Å². The van der Waals surface area contributed by atoms with E-state index < -0.39 is 0 Å². The maximum atomic E-state index is 12.4. The summed E-state index contributed by atoms with van der Waals surface area (Å²) in [5.74, 6) is 0.0398. The second-order valence-electron chi connectivity index (χ2n) is 4.21. The Morgan fingerprint density at radius 3 is 2.65 bits per heavy atom. The lowest BCUT2D eigenvalue weighted by atomic mass is 10.1. The number of hydrogen-bond acceptors (Lipinski definition) is 3. The molecule has 0 saturated carbocycles. The largest absolute Gasteiger partial charge is 0.294 e. The van der Waals surface area contributed by atoms with Crippen molar-refractivity contribution in [3.63, 3.8) is 0 Å². The van der Waals surface area contributed by atoms with Gasteiger partial charge in [0, 0.05) is 12.1 Å². The van der Waals surface area contributed by atoms with Crippen LogP contribution in [0.15, 0.2) is 13.6 Å². The molecule has 2 rings (SSSR count). The number of thiophene rings is 1. The van der Waals surface area contributed by atoms with Crippen molar-refractivity contribution in [3.05, 3.63) is 35.6 Å². The molecule has 2 heterocycles. The van der Waals surface area contributed by atoms with Crippen molar-refractivity contribution in [2.45, 2.75) is 33.2 Å². The Labute approximate surface area is 143 Å². The highest BCUT2D eigenvalue weighted by atomic mass is 79.9. The molecule has 0 aromatic carbocycles. The number of ketones is 1. The first-order valence-electron chi connectivity index (χ1n) is 6.19.